The zero-order valence-corrected chi connectivity index (χ0v) is 15.1. The lowest BCUT2D eigenvalue weighted by Gasteiger charge is -2.56. The van der Waals surface area contributed by atoms with Gasteiger partial charge in [0.15, 0.2) is 23.0 Å². The van der Waals surface area contributed by atoms with Crippen LogP contribution in [-0.4, -0.2) is 32.0 Å². The summed E-state index contributed by atoms with van der Waals surface area (Å²) in [6, 6.07) is 5.81. The van der Waals surface area contributed by atoms with E-state index < -0.39 is 22.4 Å². The Morgan fingerprint density at radius 1 is 0.571 bits per heavy atom. The van der Waals surface area contributed by atoms with Crippen molar-refractivity contribution in [2.75, 3.05) is 0 Å². The van der Waals surface area contributed by atoms with Gasteiger partial charge < -0.3 is 20.4 Å². The molecule has 0 unspecified atom stereocenters. The summed E-state index contributed by atoms with van der Waals surface area (Å²) in [5, 5.41) is 40.6. The van der Waals surface area contributed by atoms with Crippen molar-refractivity contribution in [2.45, 2.75) is 24.7 Å². The van der Waals surface area contributed by atoms with Crippen LogP contribution in [0.5, 0.6) is 23.0 Å². The van der Waals surface area contributed by atoms with Crippen molar-refractivity contribution in [1.29, 1.82) is 0 Å². The molecule has 4 aliphatic rings. The molecule has 0 saturated carbocycles. The van der Waals surface area contributed by atoms with E-state index in [0.717, 1.165) is 0 Å². The van der Waals surface area contributed by atoms with Crippen molar-refractivity contribution in [3.63, 3.8) is 0 Å². The molecule has 0 amide bonds. The van der Waals surface area contributed by atoms with Crippen LogP contribution < -0.4 is 0 Å². The third-order valence-corrected chi connectivity index (χ3v) is 6.55. The smallest absolute Gasteiger partial charge is 0.226 e. The van der Waals surface area contributed by atoms with E-state index in [1.165, 1.54) is 36.4 Å². The van der Waals surface area contributed by atoms with Crippen LogP contribution in [0.1, 0.15) is 36.1 Å². The maximum absolute atomic E-state index is 12.2. The molecule has 0 spiro atoms. The molecule has 140 valence electrons. The summed E-state index contributed by atoms with van der Waals surface area (Å²) in [5.74, 6) is -2.47. The average molecular weight is 376 g/mol. The Hall–Kier alpha value is -3.54. The first-order valence-electron chi connectivity index (χ1n) is 8.77. The Balaban J connectivity index is 2.03. The Morgan fingerprint density at radius 2 is 0.821 bits per heavy atom. The molecule has 2 aromatic carbocycles. The Kier molecular flexibility index (Phi) is 2.76. The van der Waals surface area contributed by atoms with E-state index >= 15 is 0 Å². The summed E-state index contributed by atoms with van der Waals surface area (Å²) in [5.41, 5.74) is 1.91. The molecule has 0 aliphatic heterocycles. The topological polar surface area (TPSA) is 115 Å². The van der Waals surface area contributed by atoms with Crippen LogP contribution in [0.25, 0.3) is 0 Å². The number of carbonyl (C=O) groups excluding carboxylic acids is 2. The summed E-state index contributed by atoms with van der Waals surface area (Å²) < 4.78 is 0. The highest BCUT2D eigenvalue weighted by molar-refractivity contribution is 6.47. The molecule has 6 heteroatoms. The van der Waals surface area contributed by atoms with E-state index in [1.54, 1.807) is 0 Å². The quantitative estimate of drug-likeness (QED) is 0.319. The van der Waals surface area contributed by atoms with Gasteiger partial charge >= 0.3 is 0 Å². The van der Waals surface area contributed by atoms with Crippen molar-refractivity contribution < 1.29 is 30.0 Å². The minimum Gasteiger partial charge on any atom is -0.504 e. The van der Waals surface area contributed by atoms with Gasteiger partial charge in [-0.25, -0.2) is 0 Å². The molecule has 6 nitrogen and oxygen atoms in total. The number of hydrogen-bond acceptors (Lipinski definition) is 6. The largest absolute Gasteiger partial charge is 0.504 e. The Bertz CT molecular complexity index is 1060. The molecule has 0 radical (unpaired) electrons. The number of phenols is 4. The maximum Gasteiger partial charge on any atom is 0.226 e. The van der Waals surface area contributed by atoms with Gasteiger partial charge in [0, 0.05) is 10.8 Å². The van der Waals surface area contributed by atoms with Crippen molar-refractivity contribution in [1.82, 2.24) is 0 Å². The van der Waals surface area contributed by atoms with Gasteiger partial charge in [-0.05, 0) is 83.7 Å². The molecule has 2 aromatic rings. The zero-order chi connectivity index (χ0) is 20.2. The van der Waals surface area contributed by atoms with Crippen molar-refractivity contribution in [3.8, 4) is 23.0 Å². The summed E-state index contributed by atoms with van der Waals surface area (Å²) in [7, 11) is 0. The summed E-state index contributed by atoms with van der Waals surface area (Å²) in [4.78, 5) is 24.4. The van der Waals surface area contributed by atoms with Gasteiger partial charge in [-0.3, -0.25) is 9.59 Å². The molecule has 28 heavy (non-hydrogen) atoms. The highest BCUT2D eigenvalue weighted by Crippen LogP contribution is 2.66. The molecule has 4 aliphatic carbocycles. The van der Waals surface area contributed by atoms with Crippen LogP contribution in [0, 0.1) is 0 Å². The fourth-order valence-electron chi connectivity index (χ4n) is 5.07. The molecule has 6 rings (SSSR count). The SMILES string of the molecule is CC12C3=CC(=O)C(=O)C=C3C(C)(c3cc(O)c(O)cc31)c1cc(O)c(O)cc12. The highest BCUT2D eigenvalue weighted by atomic mass is 16.3. The van der Waals surface area contributed by atoms with Crippen LogP contribution in [0.2, 0.25) is 0 Å². The number of carbonyl (C=O) groups is 2. The molecule has 0 aromatic heterocycles. The first-order valence-corrected chi connectivity index (χ1v) is 8.77. The normalized spacial score (nSPS) is 26.9. The first-order chi connectivity index (χ1) is 13.1. The van der Waals surface area contributed by atoms with Gasteiger partial charge in [0.1, 0.15) is 0 Å². The fourth-order valence-corrected chi connectivity index (χ4v) is 5.07. The lowest BCUT2D eigenvalue weighted by Crippen LogP contribution is -2.51. The fraction of sp³-hybridized carbons (Fsp3) is 0.182. The predicted octanol–water partition coefficient (Wildman–Crippen LogP) is 2.45. The van der Waals surface area contributed by atoms with Gasteiger partial charge in [-0.1, -0.05) is 0 Å². The molecule has 4 N–H and O–H groups in total. The number of phenolic OH excluding ortho intramolecular Hbond substituents is 4. The zero-order valence-electron chi connectivity index (χ0n) is 15.1. The third kappa shape index (κ3) is 1.60. The molecular weight excluding hydrogens is 360 g/mol. The molecule has 0 saturated heterocycles. The Morgan fingerprint density at radius 3 is 1.07 bits per heavy atom. The third-order valence-electron chi connectivity index (χ3n) is 6.55. The summed E-state index contributed by atoms with van der Waals surface area (Å²) in [6.45, 7) is 3.66. The van der Waals surface area contributed by atoms with Gasteiger partial charge in [0.25, 0.3) is 0 Å². The van der Waals surface area contributed by atoms with Gasteiger partial charge in [-0.2, -0.15) is 0 Å². The van der Waals surface area contributed by atoms with Crippen LogP contribution in [0.3, 0.4) is 0 Å². The Labute approximate surface area is 159 Å². The molecule has 0 heterocycles. The monoisotopic (exact) mass is 376 g/mol. The van der Waals surface area contributed by atoms with E-state index in [2.05, 4.69) is 0 Å². The highest BCUT2D eigenvalue weighted by Gasteiger charge is 2.58. The van der Waals surface area contributed by atoms with Crippen LogP contribution in [0.15, 0.2) is 47.6 Å². The van der Waals surface area contributed by atoms with Crippen LogP contribution >= 0.6 is 0 Å². The number of allylic oxidation sites excluding steroid dienone is 4. The summed E-state index contributed by atoms with van der Waals surface area (Å²) in [6.07, 6.45) is 2.63. The molecular formula is C22H16O6. The number of ketones is 2. The van der Waals surface area contributed by atoms with Gasteiger partial charge in [-0.15, -0.1) is 0 Å². The summed E-state index contributed by atoms with van der Waals surface area (Å²) >= 11 is 0. The minimum absolute atomic E-state index is 0.301. The lowest BCUT2D eigenvalue weighted by molar-refractivity contribution is -0.131. The van der Waals surface area contributed by atoms with E-state index in [0.29, 0.717) is 33.4 Å². The number of benzene rings is 2. The number of hydrogen-bond donors (Lipinski definition) is 4. The minimum atomic E-state index is -0.971. The van der Waals surface area contributed by atoms with Crippen molar-refractivity contribution in [3.05, 3.63) is 69.8 Å². The second-order valence-electron chi connectivity index (χ2n) is 7.87. The van der Waals surface area contributed by atoms with Crippen molar-refractivity contribution >= 4 is 11.6 Å². The number of aromatic hydroxyl groups is 4. The van der Waals surface area contributed by atoms with Crippen LogP contribution in [-0.2, 0) is 20.4 Å². The van der Waals surface area contributed by atoms with E-state index in [-0.39, 0.29) is 23.0 Å². The van der Waals surface area contributed by atoms with Crippen LogP contribution in [0.4, 0.5) is 0 Å². The lowest BCUT2D eigenvalue weighted by atomic mass is 9.45. The standard InChI is InChI=1S/C22H16O6/c1-21-9-3-15(23)18(26)6-12(9)22(2,13-7-19(27)16(24)4-10(13)21)14-8-20(28)17(25)5-11(14)21/h3-8,23-24,26-27H,1-2H3. The molecule has 0 atom stereocenters. The average Bonchev–Trinajstić information content (AvgIpc) is 2.64. The first kappa shape index (κ1) is 16.6. The van der Waals surface area contributed by atoms with Gasteiger partial charge in [0.05, 0.1) is 0 Å². The second-order valence-corrected chi connectivity index (χ2v) is 7.87. The maximum atomic E-state index is 12.2. The van der Waals surface area contributed by atoms with E-state index in [4.69, 9.17) is 0 Å². The number of rotatable bonds is 0. The molecule has 2 bridgehead atoms. The van der Waals surface area contributed by atoms with E-state index in [9.17, 15) is 30.0 Å². The van der Waals surface area contributed by atoms with Gasteiger partial charge in [0.2, 0.25) is 11.6 Å². The van der Waals surface area contributed by atoms with E-state index in [1.807, 2.05) is 13.8 Å². The second kappa shape index (κ2) is 4.65. The molecule has 0 fully saturated rings. The predicted molar refractivity (Wildman–Crippen MR) is 98.6 cm³/mol. The van der Waals surface area contributed by atoms with Crippen molar-refractivity contribution in [2.24, 2.45) is 0 Å².